The Balaban J connectivity index is 1.52. The van der Waals surface area contributed by atoms with Crippen molar-refractivity contribution < 1.29 is 4.74 Å². The predicted molar refractivity (Wildman–Crippen MR) is 129 cm³/mol. The van der Waals surface area contributed by atoms with Crippen molar-refractivity contribution in [2.24, 2.45) is 11.0 Å². The maximum atomic E-state index is 5.90. The molecule has 2 aromatic carbocycles. The van der Waals surface area contributed by atoms with Gasteiger partial charge in [0.1, 0.15) is 5.75 Å². The fourth-order valence-electron chi connectivity index (χ4n) is 3.31. The molecule has 0 aliphatic carbocycles. The van der Waals surface area contributed by atoms with Crippen molar-refractivity contribution in [3.8, 4) is 5.75 Å². The van der Waals surface area contributed by atoms with Crippen LogP contribution in [0.25, 0.3) is 0 Å². The summed E-state index contributed by atoms with van der Waals surface area (Å²) in [7, 11) is 0. The minimum atomic E-state index is 0.386. The van der Waals surface area contributed by atoms with E-state index < -0.39 is 0 Å². The summed E-state index contributed by atoms with van der Waals surface area (Å²) in [6.07, 6.45) is 4.00. The van der Waals surface area contributed by atoms with Gasteiger partial charge in [-0.25, -0.2) is 5.43 Å². The third-order valence-corrected chi connectivity index (χ3v) is 4.90. The summed E-state index contributed by atoms with van der Waals surface area (Å²) in [6.45, 7) is 6.78. The molecule has 4 rings (SSSR count). The molecule has 0 spiro atoms. The Bertz CT molecular complexity index is 1030. The van der Waals surface area contributed by atoms with Gasteiger partial charge in [-0.2, -0.15) is 20.1 Å². The van der Waals surface area contributed by atoms with E-state index in [0.717, 1.165) is 42.9 Å². The van der Waals surface area contributed by atoms with Crippen molar-refractivity contribution in [2.75, 3.05) is 35.3 Å². The van der Waals surface area contributed by atoms with Crippen LogP contribution in [0.1, 0.15) is 32.3 Å². The molecule has 8 heteroatoms. The quantitative estimate of drug-likeness (QED) is 0.375. The number of hydrazone groups is 1. The summed E-state index contributed by atoms with van der Waals surface area (Å²) >= 11 is 0. The molecule has 166 valence electrons. The number of aromatic nitrogens is 3. The Labute approximate surface area is 188 Å². The van der Waals surface area contributed by atoms with Crippen LogP contribution in [0.5, 0.6) is 5.75 Å². The van der Waals surface area contributed by atoms with Gasteiger partial charge in [-0.3, -0.25) is 0 Å². The number of hydrogen-bond acceptors (Lipinski definition) is 8. The average molecular weight is 432 g/mol. The van der Waals surface area contributed by atoms with Crippen molar-refractivity contribution in [1.29, 1.82) is 0 Å². The van der Waals surface area contributed by atoms with Gasteiger partial charge in [0.2, 0.25) is 17.8 Å². The summed E-state index contributed by atoms with van der Waals surface area (Å²) in [5.41, 5.74) is 4.76. The molecule has 1 fully saturated rings. The van der Waals surface area contributed by atoms with Gasteiger partial charge in [0, 0.05) is 24.3 Å². The first-order chi connectivity index (χ1) is 15.7. The minimum Gasteiger partial charge on any atom is -0.493 e. The molecule has 1 aromatic heterocycles. The van der Waals surface area contributed by atoms with E-state index in [0.29, 0.717) is 30.4 Å². The number of anilines is 4. The molecule has 0 unspecified atom stereocenters. The van der Waals surface area contributed by atoms with Gasteiger partial charge in [0.05, 0.1) is 12.8 Å². The molecule has 0 amide bonds. The van der Waals surface area contributed by atoms with Crippen LogP contribution >= 0.6 is 0 Å². The maximum absolute atomic E-state index is 5.90. The van der Waals surface area contributed by atoms with Gasteiger partial charge < -0.3 is 15.0 Å². The molecule has 8 nitrogen and oxygen atoms in total. The Morgan fingerprint density at radius 3 is 2.47 bits per heavy atom. The van der Waals surface area contributed by atoms with Crippen molar-refractivity contribution in [3.63, 3.8) is 0 Å². The minimum absolute atomic E-state index is 0.386. The van der Waals surface area contributed by atoms with Crippen LogP contribution in [0, 0.1) is 5.92 Å². The Hall–Kier alpha value is -3.68. The highest BCUT2D eigenvalue weighted by molar-refractivity contribution is 5.83. The van der Waals surface area contributed by atoms with E-state index in [1.54, 1.807) is 6.21 Å². The van der Waals surface area contributed by atoms with Crippen LogP contribution in [0.3, 0.4) is 0 Å². The van der Waals surface area contributed by atoms with Gasteiger partial charge in [-0.05, 0) is 43.0 Å². The molecule has 2 N–H and O–H groups in total. The molecule has 0 saturated carbocycles. The first kappa shape index (κ1) is 21.5. The summed E-state index contributed by atoms with van der Waals surface area (Å²) in [6, 6.07) is 17.7. The number of ether oxygens (including phenoxy) is 1. The second-order valence-electron chi connectivity index (χ2n) is 8.08. The topological polar surface area (TPSA) is 87.6 Å². The van der Waals surface area contributed by atoms with E-state index in [1.165, 1.54) is 0 Å². The predicted octanol–water partition coefficient (Wildman–Crippen LogP) is 4.70. The number of benzene rings is 2. The van der Waals surface area contributed by atoms with E-state index >= 15 is 0 Å². The smallest absolute Gasteiger partial charge is 0.250 e. The maximum Gasteiger partial charge on any atom is 0.250 e. The normalized spacial score (nSPS) is 13.7. The number of rotatable bonds is 9. The molecule has 0 bridgehead atoms. The molecule has 1 aliphatic rings. The molecule has 3 aromatic rings. The van der Waals surface area contributed by atoms with Crippen LogP contribution in [0.2, 0.25) is 0 Å². The lowest BCUT2D eigenvalue weighted by atomic mass is 10.2. The summed E-state index contributed by atoms with van der Waals surface area (Å²) in [5, 5.41) is 7.61. The first-order valence-corrected chi connectivity index (χ1v) is 11.0. The fraction of sp³-hybridized carbons (Fsp3) is 0.333. The van der Waals surface area contributed by atoms with Gasteiger partial charge in [0.15, 0.2) is 0 Å². The third-order valence-electron chi connectivity index (χ3n) is 4.90. The molecule has 2 heterocycles. The summed E-state index contributed by atoms with van der Waals surface area (Å²) in [5.74, 6) is 2.76. The van der Waals surface area contributed by atoms with E-state index in [2.05, 4.69) is 49.5 Å². The van der Waals surface area contributed by atoms with Crippen LogP contribution in [-0.4, -0.2) is 40.9 Å². The van der Waals surface area contributed by atoms with Gasteiger partial charge in [-0.15, -0.1) is 0 Å². The van der Waals surface area contributed by atoms with Gasteiger partial charge in [-0.1, -0.05) is 44.2 Å². The van der Waals surface area contributed by atoms with Gasteiger partial charge >= 0.3 is 0 Å². The van der Waals surface area contributed by atoms with Gasteiger partial charge in [0.25, 0.3) is 0 Å². The Morgan fingerprint density at radius 2 is 1.69 bits per heavy atom. The highest BCUT2D eigenvalue weighted by Crippen LogP contribution is 2.21. The second-order valence-corrected chi connectivity index (χ2v) is 8.08. The van der Waals surface area contributed by atoms with E-state index in [1.807, 2.05) is 54.6 Å². The number of hydrogen-bond donors (Lipinski definition) is 2. The zero-order valence-corrected chi connectivity index (χ0v) is 18.5. The van der Waals surface area contributed by atoms with Crippen molar-refractivity contribution in [3.05, 3.63) is 60.2 Å². The van der Waals surface area contributed by atoms with Crippen LogP contribution in [-0.2, 0) is 0 Å². The lowest BCUT2D eigenvalue weighted by Crippen LogP contribution is -2.21. The molecular formula is C24H29N7O. The average Bonchev–Trinajstić information content (AvgIpc) is 3.34. The number of nitrogens with one attached hydrogen (secondary N) is 2. The van der Waals surface area contributed by atoms with Crippen LogP contribution in [0.15, 0.2) is 59.7 Å². The molecule has 0 radical (unpaired) electrons. The largest absolute Gasteiger partial charge is 0.493 e. The zero-order chi connectivity index (χ0) is 22.2. The van der Waals surface area contributed by atoms with Crippen LogP contribution in [0.4, 0.5) is 23.5 Å². The first-order valence-electron chi connectivity index (χ1n) is 11.0. The third kappa shape index (κ3) is 5.94. The van der Waals surface area contributed by atoms with Crippen molar-refractivity contribution >= 4 is 29.7 Å². The van der Waals surface area contributed by atoms with E-state index in [4.69, 9.17) is 4.74 Å². The molecule has 1 saturated heterocycles. The monoisotopic (exact) mass is 431 g/mol. The second kappa shape index (κ2) is 10.6. The van der Waals surface area contributed by atoms with Crippen LogP contribution < -0.4 is 20.4 Å². The summed E-state index contributed by atoms with van der Waals surface area (Å²) < 4.78 is 5.90. The zero-order valence-electron chi connectivity index (χ0n) is 18.5. The summed E-state index contributed by atoms with van der Waals surface area (Å²) in [4.78, 5) is 15.9. The van der Waals surface area contributed by atoms with E-state index in [-0.39, 0.29) is 0 Å². The highest BCUT2D eigenvalue weighted by atomic mass is 16.5. The standard InChI is InChI=1S/C24H29N7O/c1-18(2)17-32-21-13-7-6-10-19(21)16-25-30-23-27-22(26-20-11-4-3-5-12-20)28-24(29-23)31-14-8-9-15-31/h3-7,10-13,16,18H,8-9,14-15,17H2,1-2H3,(H2,26,27,28,29,30)/b25-16-. The van der Waals surface area contributed by atoms with Crippen molar-refractivity contribution in [2.45, 2.75) is 26.7 Å². The number of nitrogens with zero attached hydrogens (tertiary/aromatic N) is 5. The van der Waals surface area contributed by atoms with Crippen molar-refractivity contribution in [1.82, 2.24) is 15.0 Å². The lowest BCUT2D eigenvalue weighted by molar-refractivity contribution is 0.271. The van der Waals surface area contributed by atoms with E-state index in [9.17, 15) is 0 Å². The Morgan fingerprint density at radius 1 is 0.969 bits per heavy atom. The molecular weight excluding hydrogens is 402 g/mol. The SMILES string of the molecule is CC(C)COc1ccccc1/C=N\Nc1nc(Nc2ccccc2)nc(N2CCCC2)n1. The molecule has 32 heavy (non-hydrogen) atoms. The Kier molecular flexibility index (Phi) is 7.12. The fourth-order valence-corrected chi connectivity index (χ4v) is 3.31. The lowest BCUT2D eigenvalue weighted by Gasteiger charge is -2.16. The number of para-hydroxylation sites is 2. The highest BCUT2D eigenvalue weighted by Gasteiger charge is 2.17. The molecule has 0 atom stereocenters. The molecule has 1 aliphatic heterocycles.